The highest BCUT2D eigenvalue weighted by molar-refractivity contribution is 5.31. The summed E-state index contributed by atoms with van der Waals surface area (Å²) in [6.07, 6.45) is 4.22. The van der Waals surface area contributed by atoms with Gasteiger partial charge in [0.1, 0.15) is 0 Å². The molecule has 2 aromatic rings. The van der Waals surface area contributed by atoms with Crippen LogP contribution in [-0.2, 0) is 6.54 Å². The molecule has 4 nitrogen and oxygen atoms in total. The Labute approximate surface area is 139 Å². The van der Waals surface area contributed by atoms with Crippen LogP contribution < -0.4 is 5.32 Å². The molecule has 2 heterocycles. The second-order valence-corrected chi connectivity index (χ2v) is 6.67. The maximum absolute atomic E-state index is 4.46. The fourth-order valence-corrected chi connectivity index (χ4v) is 3.28. The summed E-state index contributed by atoms with van der Waals surface area (Å²) in [5, 5.41) is 3.50. The minimum atomic E-state index is 0.427. The molecule has 23 heavy (non-hydrogen) atoms. The average Bonchev–Trinajstić information content (AvgIpc) is 2.51. The van der Waals surface area contributed by atoms with Gasteiger partial charge in [0.05, 0.1) is 0 Å². The molecule has 0 amide bonds. The van der Waals surface area contributed by atoms with Crippen LogP contribution in [0.5, 0.6) is 0 Å². The highest BCUT2D eigenvalue weighted by Crippen LogP contribution is 2.18. The van der Waals surface area contributed by atoms with E-state index in [0.717, 1.165) is 24.7 Å². The van der Waals surface area contributed by atoms with Crippen molar-refractivity contribution in [2.75, 3.05) is 18.4 Å². The van der Waals surface area contributed by atoms with Crippen molar-refractivity contribution in [2.45, 2.75) is 46.2 Å². The van der Waals surface area contributed by atoms with E-state index < -0.39 is 0 Å². The first-order valence-electron chi connectivity index (χ1n) is 8.45. The van der Waals surface area contributed by atoms with Crippen LogP contribution in [0.2, 0.25) is 0 Å². The summed E-state index contributed by atoms with van der Waals surface area (Å²) in [5.74, 6) is 0.753. The standard InChI is InChI=1S/C19H26N4/c1-14-6-7-17(15(2)11-14)12-23-10-4-5-18(13-23)22-19-20-9-8-16(3)21-19/h6-9,11,18H,4-5,10,12-13H2,1-3H3,(H,20,21,22). The molecule has 1 fully saturated rings. The van der Waals surface area contributed by atoms with Crippen molar-refractivity contribution >= 4 is 5.95 Å². The monoisotopic (exact) mass is 310 g/mol. The van der Waals surface area contributed by atoms with E-state index >= 15 is 0 Å². The SMILES string of the molecule is Cc1ccc(CN2CCCC(Nc3nccc(C)n3)C2)c(C)c1. The number of likely N-dealkylation sites (tertiary alicyclic amines) is 1. The van der Waals surface area contributed by atoms with Gasteiger partial charge in [-0.15, -0.1) is 0 Å². The second-order valence-electron chi connectivity index (χ2n) is 6.67. The van der Waals surface area contributed by atoms with Gasteiger partial charge in [0.15, 0.2) is 0 Å². The highest BCUT2D eigenvalue weighted by Gasteiger charge is 2.20. The highest BCUT2D eigenvalue weighted by atomic mass is 15.2. The number of benzene rings is 1. The fourth-order valence-electron chi connectivity index (χ4n) is 3.28. The van der Waals surface area contributed by atoms with Crippen LogP contribution >= 0.6 is 0 Å². The van der Waals surface area contributed by atoms with Crippen LogP contribution in [-0.4, -0.2) is 34.0 Å². The molecule has 1 N–H and O–H groups in total. The van der Waals surface area contributed by atoms with Crippen LogP contribution in [0.4, 0.5) is 5.95 Å². The second kappa shape index (κ2) is 7.09. The predicted molar refractivity (Wildman–Crippen MR) is 94.6 cm³/mol. The van der Waals surface area contributed by atoms with Crippen molar-refractivity contribution in [3.63, 3.8) is 0 Å². The van der Waals surface area contributed by atoms with E-state index in [1.165, 1.54) is 36.1 Å². The van der Waals surface area contributed by atoms with Crippen LogP contribution in [0.25, 0.3) is 0 Å². The first-order valence-corrected chi connectivity index (χ1v) is 8.45. The Balaban J connectivity index is 1.61. The summed E-state index contributed by atoms with van der Waals surface area (Å²) in [4.78, 5) is 11.3. The molecule has 1 aromatic heterocycles. The number of nitrogens with one attached hydrogen (secondary N) is 1. The summed E-state index contributed by atoms with van der Waals surface area (Å²) in [5.41, 5.74) is 5.16. The molecule has 1 aliphatic rings. The zero-order valence-corrected chi connectivity index (χ0v) is 14.3. The van der Waals surface area contributed by atoms with Gasteiger partial charge in [0.2, 0.25) is 5.95 Å². The Kier molecular flexibility index (Phi) is 4.91. The normalized spacial score (nSPS) is 18.8. The third-order valence-electron chi connectivity index (χ3n) is 4.53. The number of hydrogen-bond donors (Lipinski definition) is 1. The lowest BCUT2D eigenvalue weighted by Gasteiger charge is -2.33. The van der Waals surface area contributed by atoms with E-state index in [2.05, 4.69) is 52.2 Å². The molecule has 0 aliphatic carbocycles. The first kappa shape index (κ1) is 15.9. The summed E-state index contributed by atoms with van der Waals surface area (Å²) in [7, 11) is 0. The van der Waals surface area contributed by atoms with E-state index in [1.807, 2.05) is 19.2 Å². The molecular weight excluding hydrogens is 284 g/mol. The smallest absolute Gasteiger partial charge is 0.223 e. The molecule has 1 atom stereocenters. The third-order valence-corrected chi connectivity index (χ3v) is 4.53. The van der Waals surface area contributed by atoms with Gasteiger partial charge in [-0.05, 0) is 57.4 Å². The van der Waals surface area contributed by atoms with E-state index in [0.29, 0.717) is 6.04 Å². The summed E-state index contributed by atoms with van der Waals surface area (Å²) in [6.45, 7) is 9.60. The topological polar surface area (TPSA) is 41.0 Å². The van der Waals surface area contributed by atoms with Crippen molar-refractivity contribution in [3.05, 3.63) is 52.8 Å². The van der Waals surface area contributed by atoms with E-state index in [-0.39, 0.29) is 0 Å². The molecule has 0 saturated carbocycles. The van der Waals surface area contributed by atoms with E-state index in [1.54, 1.807) is 0 Å². The fraction of sp³-hybridized carbons (Fsp3) is 0.474. The molecule has 0 bridgehead atoms. The molecule has 1 unspecified atom stereocenters. The quantitative estimate of drug-likeness (QED) is 0.938. The summed E-state index contributed by atoms with van der Waals surface area (Å²) in [6, 6.07) is 9.11. The Bertz CT molecular complexity index is 668. The van der Waals surface area contributed by atoms with Crippen LogP contribution in [0, 0.1) is 20.8 Å². The molecule has 0 radical (unpaired) electrons. The van der Waals surface area contributed by atoms with Crippen LogP contribution in [0.15, 0.2) is 30.5 Å². The van der Waals surface area contributed by atoms with Gasteiger partial charge in [-0.1, -0.05) is 23.8 Å². The minimum Gasteiger partial charge on any atom is -0.350 e. The van der Waals surface area contributed by atoms with Crippen molar-refractivity contribution < 1.29 is 0 Å². The van der Waals surface area contributed by atoms with Gasteiger partial charge >= 0.3 is 0 Å². The molecule has 1 saturated heterocycles. The Hall–Kier alpha value is -1.94. The van der Waals surface area contributed by atoms with Crippen LogP contribution in [0.3, 0.4) is 0 Å². The number of aromatic nitrogens is 2. The summed E-state index contributed by atoms with van der Waals surface area (Å²) < 4.78 is 0. The minimum absolute atomic E-state index is 0.427. The van der Waals surface area contributed by atoms with Crippen molar-refractivity contribution in [1.29, 1.82) is 0 Å². The summed E-state index contributed by atoms with van der Waals surface area (Å²) >= 11 is 0. The molecule has 1 aromatic carbocycles. The maximum atomic E-state index is 4.46. The molecule has 1 aliphatic heterocycles. The lowest BCUT2D eigenvalue weighted by Crippen LogP contribution is -2.42. The molecule has 3 rings (SSSR count). The number of hydrogen-bond acceptors (Lipinski definition) is 4. The van der Waals surface area contributed by atoms with E-state index in [9.17, 15) is 0 Å². The Morgan fingerprint density at radius 1 is 1.22 bits per heavy atom. The molecule has 4 heteroatoms. The number of nitrogens with zero attached hydrogens (tertiary/aromatic N) is 3. The van der Waals surface area contributed by atoms with Gasteiger partial charge in [0, 0.05) is 31.0 Å². The Morgan fingerprint density at radius 2 is 2.09 bits per heavy atom. The zero-order chi connectivity index (χ0) is 16.2. The Morgan fingerprint density at radius 3 is 2.87 bits per heavy atom. The van der Waals surface area contributed by atoms with E-state index in [4.69, 9.17) is 0 Å². The zero-order valence-electron chi connectivity index (χ0n) is 14.3. The van der Waals surface area contributed by atoms with Crippen molar-refractivity contribution in [2.24, 2.45) is 0 Å². The van der Waals surface area contributed by atoms with Crippen LogP contribution in [0.1, 0.15) is 35.2 Å². The van der Waals surface area contributed by atoms with Crippen molar-refractivity contribution in [3.8, 4) is 0 Å². The molecular formula is C19H26N4. The number of anilines is 1. The molecule has 122 valence electrons. The average molecular weight is 310 g/mol. The number of rotatable bonds is 4. The lowest BCUT2D eigenvalue weighted by molar-refractivity contribution is 0.208. The lowest BCUT2D eigenvalue weighted by atomic mass is 10.0. The molecule has 0 spiro atoms. The largest absolute Gasteiger partial charge is 0.350 e. The predicted octanol–water partition coefficient (Wildman–Crippen LogP) is 3.48. The third kappa shape index (κ3) is 4.29. The van der Waals surface area contributed by atoms with Gasteiger partial charge in [0.25, 0.3) is 0 Å². The van der Waals surface area contributed by atoms with Gasteiger partial charge in [-0.25, -0.2) is 9.97 Å². The van der Waals surface area contributed by atoms with Gasteiger partial charge in [-0.3, -0.25) is 4.90 Å². The first-order chi connectivity index (χ1) is 11.1. The maximum Gasteiger partial charge on any atom is 0.223 e. The number of aryl methyl sites for hydroxylation is 3. The van der Waals surface area contributed by atoms with Gasteiger partial charge < -0.3 is 5.32 Å². The van der Waals surface area contributed by atoms with Gasteiger partial charge in [-0.2, -0.15) is 0 Å². The number of piperidine rings is 1. The van der Waals surface area contributed by atoms with Crippen molar-refractivity contribution in [1.82, 2.24) is 14.9 Å².